The average molecular weight is 216 g/mol. The number of nitrogens with zero attached hydrogens (tertiary/aromatic N) is 2. The van der Waals surface area contributed by atoms with Crippen molar-refractivity contribution in [3.63, 3.8) is 0 Å². The zero-order valence-electron chi connectivity index (χ0n) is 8.97. The van der Waals surface area contributed by atoms with E-state index in [4.69, 9.17) is 5.11 Å². The number of aryl methyl sites for hydroxylation is 1. The van der Waals surface area contributed by atoms with Crippen LogP contribution >= 0.6 is 0 Å². The van der Waals surface area contributed by atoms with Gasteiger partial charge in [-0.3, -0.25) is 4.68 Å². The Bertz CT molecular complexity index is 582. The molecule has 1 aliphatic rings. The van der Waals surface area contributed by atoms with Crippen LogP contribution < -0.4 is 0 Å². The third-order valence-electron chi connectivity index (χ3n) is 3.13. The zero-order valence-corrected chi connectivity index (χ0v) is 8.97. The van der Waals surface area contributed by atoms with Gasteiger partial charge in [-0.2, -0.15) is 5.10 Å². The highest BCUT2D eigenvalue weighted by molar-refractivity contribution is 6.01. The summed E-state index contributed by atoms with van der Waals surface area (Å²) in [5.41, 5.74) is 2.27. The summed E-state index contributed by atoms with van der Waals surface area (Å²) >= 11 is 0. The van der Waals surface area contributed by atoms with Gasteiger partial charge in [-0.05, 0) is 36.5 Å². The standard InChI is InChI=1S/C12H12N2O2/c1-14-10-5-4-8(7-2-3-7)6-9(10)11(13-14)12(15)16/h4-7H,2-3H2,1H3,(H,15,16). The highest BCUT2D eigenvalue weighted by atomic mass is 16.4. The van der Waals surface area contributed by atoms with Crippen LogP contribution in [0.2, 0.25) is 0 Å². The second kappa shape index (κ2) is 3.07. The second-order valence-electron chi connectivity index (χ2n) is 4.33. The van der Waals surface area contributed by atoms with Crippen LogP contribution in [0.5, 0.6) is 0 Å². The van der Waals surface area contributed by atoms with Gasteiger partial charge in [-0.1, -0.05) is 6.07 Å². The molecule has 4 heteroatoms. The summed E-state index contributed by atoms with van der Waals surface area (Å²) in [5, 5.41) is 13.8. The normalized spacial score (nSPS) is 15.6. The summed E-state index contributed by atoms with van der Waals surface area (Å²) in [5.74, 6) is -0.329. The van der Waals surface area contributed by atoms with E-state index < -0.39 is 5.97 Å². The van der Waals surface area contributed by atoms with Gasteiger partial charge in [0.05, 0.1) is 5.52 Å². The van der Waals surface area contributed by atoms with E-state index in [0.717, 1.165) is 10.9 Å². The summed E-state index contributed by atoms with van der Waals surface area (Å²) in [6.45, 7) is 0. The molecule has 2 aromatic rings. The molecule has 82 valence electrons. The first kappa shape index (κ1) is 9.39. The Morgan fingerprint density at radius 2 is 2.25 bits per heavy atom. The molecule has 0 spiro atoms. The Hall–Kier alpha value is -1.84. The van der Waals surface area contributed by atoms with Gasteiger partial charge in [-0.25, -0.2) is 4.79 Å². The van der Waals surface area contributed by atoms with E-state index in [1.807, 2.05) is 12.1 Å². The van der Waals surface area contributed by atoms with Gasteiger partial charge < -0.3 is 5.11 Å². The predicted octanol–water partition coefficient (Wildman–Crippen LogP) is 2.15. The molecule has 0 bridgehead atoms. The molecule has 1 saturated carbocycles. The lowest BCUT2D eigenvalue weighted by atomic mass is 10.1. The zero-order chi connectivity index (χ0) is 11.3. The van der Waals surface area contributed by atoms with Crippen molar-refractivity contribution in [2.75, 3.05) is 0 Å². The van der Waals surface area contributed by atoms with E-state index in [0.29, 0.717) is 5.92 Å². The largest absolute Gasteiger partial charge is 0.476 e. The number of benzene rings is 1. The maximum absolute atomic E-state index is 11.0. The molecule has 1 aliphatic carbocycles. The van der Waals surface area contributed by atoms with Crippen LogP contribution in [0.15, 0.2) is 18.2 Å². The molecule has 1 heterocycles. The summed E-state index contributed by atoms with van der Waals surface area (Å²) in [6.07, 6.45) is 2.43. The molecule has 0 atom stereocenters. The van der Waals surface area contributed by atoms with Crippen molar-refractivity contribution in [1.29, 1.82) is 0 Å². The quantitative estimate of drug-likeness (QED) is 0.836. The number of fused-ring (bicyclic) bond motifs is 1. The number of aromatic carboxylic acids is 1. The Morgan fingerprint density at radius 3 is 2.88 bits per heavy atom. The minimum absolute atomic E-state index is 0.153. The fraction of sp³-hybridized carbons (Fsp3) is 0.333. The van der Waals surface area contributed by atoms with E-state index in [-0.39, 0.29) is 5.69 Å². The van der Waals surface area contributed by atoms with Crippen LogP contribution in [0.3, 0.4) is 0 Å². The van der Waals surface area contributed by atoms with Crippen LogP contribution in [0.25, 0.3) is 10.9 Å². The molecule has 0 radical (unpaired) electrons. The Labute approximate surface area is 92.5 Å². The molecule has 1 aromatic carbocycles. The van der Waals surface area contributed by atoms with Crippen molar-refractivity contribution >= 4 is 16.9 Å². The van der Waals surface area contributed by atoms with E-state index in [1.165, 1.54) is 18.4 Å². The van der Waals surface area contributed by atoms with Crippen LogP contribution in [-0.4, -0.2) is 20.9 Å². The highest BCUT2D eigenvalue weighted by Crippen LogP contribution is 2.41. The molecule has 0 amide bonds. The third-order valence-corrected chi connectivity index (χ3v) is 3.13. The topological polar surface area (TPSA) is 55.1 Å². The number of hydrogen-bond donors (Lipinski definition) is 1. The number of carboxylic acids is 1. The summed E-state index contributed by atoms with van der Waals surface area (Å²) in [6, 6.07) is 6.01. The Morgan fingerprint density at radius 1 is 1.50 bits per heavy atom. The van der Waals surface area contributed by atoms with Crippen LogP contribution in [-0.2, 0) is 7.05 Å². The number of carboxylic acid groups (broad SMARTS) is 1. The van der Waals surface area contributed by atoms with Crippen molar-refractivity contribution in [3.05, 3.63) is 29.5 Å². The summed E-state index contributed by atoms with van der Waals surface area (Å²) in [4.78, 5) is 11.0. The molecule has 0 saturated heterocycles. The van der Waals surface area contributed by atoms with Crippen molar-refractivity contribution in [3.8, 4) is 0 Å². The monoisotopic (exact) mass is 216 g/mol. The summed E-state index contributed by atoms with van der Waals surface area (Å²) < 4.78 is 1.62. The van der Waals surface area contributed by atoms with Gasteiger partial charge in [-0.15, -0.1) is 0 Å². The lowest BCUT2D eigenvalue weighted by molar-refractivity contribution is 0.0691. The third kappa shape index (κ3) is 1.30. The molecule has 3 rings (SSSR count). The lowest BCUT2D eigenvalue weighted by Crippen LogP contribution is -1.99. The number of carbonyl (C=O) groups is 1. The van der Waals surface area contributed by atoms with Gasteiger partial charge >= 0.3 is 5.97 Å². The molecule has 1 aromatic heterocycles. The Balaban J connectivity index is 2.26. The molecule has 4 nitrogen and oxygen atoms in total. The van der Waals surface area contributed by atoms with Gasteiger partial charge in [0, 0.05) is 12.4 Å². The SMILES string of the molecule is Cn1nc(C(=O)O)c2cc(C3CC3)ccc21. The lowest BCUT2D eigenvalue weighted by Gasteiger charge is -1.98. The first-order chi connectivity index (χ1) is 7.66. The second-order valence-corrected chi connectivity index (χ2v) is 4.33. The van der Waals surface area contributed by atoms with Crippen molar-refractivity contribution in [1.82, 2.24) is 9.78 Å². The van der Waals surface area contributed by atoms with Crippen LogP contribution in [0.1, 0.15) is 34.8 Å². The van der Waals surface area contributed by atoms with Gasteiger partial charge in [0.1, 0.15) is 0 Å². The van der Waals surface area contributed by atoms with E-state index in [9.17, 15) is 4.79 Å². The molecule has 1 fully saturated rings. The maximum atomic E-state index is 11.0. The molecule has 0 aliphatic heterocycles. The van der Waals surface area contributed by atoms with Crippen molar-refractivity contribution in [2.24, 2.45) is 7.05 Å². The van der Waals surface area contributed by atoms with Crippen LogP contribution in [0.4, 0.5) is 0 Å². The molecular formula is C12H12N2O2. The number of aromatic nitrogens is 2. The van der Waals surface area contributed by atoms with Crippen molar-refractivity contribution < 1.29 is 9.90 Å². The Kier molecular flexibility index (Phi) is 1.80. The van der Waals surface area contributed by atoms with E-state index in [1.54, 1.807) is 11.7 Å². The average Bonchev–Trinajstić information content (AvgIpc) is 3.04. The fourth-order valence-corrected chi connectivity index (χ4v) is 2.11. The molecule has 1 N–H and O–H groups in total. The number of rotatable bonds is 2. The first-order valence-corrected chi connectivity index (χ1v) is 5.37. The minimum Gasteiger partial charge on any atom is -0.476 e. The maximum Gasteiger partial charge on any atom is 0.357 e. The van der Waals surface area contributed by atoms with E-state index in [2.05, 4.69) is 11.2 Å². The van der Waals surface area contributed by atoms with Gasteiger partial charge in [0.25, 0.3) is 0 Å². The number of hydrogen-bond acceptors (Lipinski definition) is 2. The van der Waals surface area contributed by atoms with Gasteiger partial charge in [0.2, 0.25) is 0 Å². The molecule has 16 heavy (non-hydrogen) atoms. The molecular weight excluding hydrogens is 204 g/mol. The van der Waals surface area contributed by atoms with E-state index >= 15 is 0 Å². The fourth-order valence-electron chi connectivity index (χ4n) is 2.11. The van der Waals surface area contributed by atoms with Gasteiger partial charge in [0.15, 0.2) is 5.69 Å². The minimum atomic E-state index is -0.960. The highest BCUT2D eigenvalue weighted by Gasteiger charge is 2.25. The predicted molar refractivity (Wildman–Crippen MR) is 59.6 cm³/mol. The molecule has 0 unspecified atom stereocenters. The summed E-state index contributed by atoms with van der Waals surface area (Å²) in [7, 11) is 1.77. The van der Waals surface area contributed by atoms with Crippen LogP contribution in [0, 0.1) is 0 Å². The first-order valence-electron chi connectivity index (χ1n) is 5.37. The smallest absolute Gasteiger partial charge is 0.357 e. The van der Waals surface area contributed by atoms with Crippen molar-refractivity contribution in [2.45, 2.75) is 18.8 Å².